The summed E-state index contributed by atoms with van der Waals surface area (Å²) in [6, 6.07) is 0.693. The summed E-state index contributed by atoms with van der Waals surface area (Å²) in [5.74, 6) is 0.919. The summed E-state index contributed by atoms with van der Waals surface area (Å²) in [4.78, 5) is 13.4. The van der Waals surface area contributed by atoms with Crippen molar-refractivity contribution in [2.45, 2.75) is 25.3 Å². The van der Waals surface area contributed by atoms with E-state index in [1.165, 1.54) is 25.8 Å². The van der Waals surface area contributed by atoms with Crippen LogP contribution in [0.4, 0.5) is 5.82 Å². The van der Waals surface area contributed by atoms with Crippen LogP contribution >= 0.6 is 11.6 Å². The van der Waals surface area contributed by atoms with Crippen molar-refractivity contribution in [2.75, 3.05) is 31.1 Å². The quantitative estimate of drug-likeness (QED) is 0.763. The average molecular weight is 253 g/mol. The highest BCUT2D eigenvalue weighted by atomic mass is 35.5. The summed E-state index contributed by atoms with van der Waals surface area (Å²) in [6.07, 6.45) is 7.42. The van der Waals surface area contributed by atoms with Gasteiger partial charge in [-0.15, -0.1) is 0 Å². The Bertz CT molecular complexity index is 398. The number of rotatable bonds is 1. The molecule has 0 amide bonds. The molecule has 3 rings (SSSR count). The Hall–Kier alpha value is -0.870. The van der Waals surface area contributed by atoms with Gasteiger partial charge in [-0.1, -0.05) is 18.0 Å². The van der Waals surface area contributed by atoms with Crippen molar-refractivity contribution in [1.29, 1.82) is 0 Å². The van der Waals surface area contributed by atoms with Crippen molar-refractivity contribution in [2.24, 2.45) is 0 Å². The smallest absolute Gasteiger partial charge is 0.149 e. The number of hydrogen-bond acceptors (Lipinski definition) is 4. The summed E-state index contributed by atoms with van der Waals surface area (Å²) < 4.78 is 0. The predicted molar refractivity (Wildman–Crippen MR) is 68.5 cm³/mol. The minimum Gasteiger partial charge on any atom is -0.352 e. The summed E-state index contributed by atoms with van der Waals surface area (Å²) >= 11 is 5.89. The van der Waals surface area contributed by atoms with Gasteiger partial charge >= 0.3 is 0 Å². The van der Waals surface area contributed by atoms with Crippen molar-refractivity contribution in [1.82, 2.24) is 14.9 Å². The Labute approximate surface area is 107 Å². The lowest BCUT2D eigenvalue weighted by Gasteiger charge is -2.44. The monoisotopic (exact) mass is 252 g/mol. The average Bonchev–Trinajstić information content (AvgIpc) is 2.38. The Morgan fingerprint density at radius 2 is 2.12 bits per heavy atom. The number of piperazine rings is 1. The van der Waals surface area contributed by atoms with Crippen molar-refractivity contribution >= 4 is 17.4 Å². The van der Waals surface area contributed by atoms with Crippen LogP contribution in [-0.4, -0.2) is 47.1 Å². The van der Waals surface area contributed by atoms with Gasteiger partial charge in [-0.25, -0.2) is 4.98 Å². The first-order valence-corrected chi connectivity index (χ1v) is 6.67. The second kappa shape index (κ2) is 4.78. The van der Waals surface area contributed by atoms with Gasteiger partial charge in [0.1, 0.15) is 11.0 Å². The maximum Gasteiger partial charge on any atom is 0.149 e. The number of nitrogens with zero attached hydrogens (tertiary/aromatic N) is 4. The summed E-state index contributed by atoms with van der Waals surface area (Å²) in [5.41, 5.74) is 0. The molecule has 0 saturated carbocycles. The van der Waals surface area contributed by atoms with E-state index in [0.29, 0.717) is 11.2 Å². The third-order valence-corrected chi connectivity index (χ3v) is 3.94. The van der Waals surface area contributed by atoms with Gasteiger partial charge in [0, 0.05) is 25.7 Å². The van der Waals surface area contributed by atoms with Gasteiger partial charge in [-0.2, -0.15) is 0 Å². The SMILES string of the molecule is Clc1cncc(N2CCN3CCCCC3C2)n1. The lowest BCUT2D eigenvalue weighted by atomic mass is 9.99. The summed E-state index contributed by atoms with van der Waals surface area (Å²) in [7, 11) is 0. The fraction of sp³-hybridized carbons (Fsp3) is 0.667. The highest BCUT2D eigenvalue weighted by Gasteiger charge is 2.29. The first kappa shape index (κ1) is 11.2. The fourth-order valence-corrected chi connectivity index (χ4v) is 2.99. The number of aromatic nitrogens is 2. The third-order valence-electron chi connectivity index (χ3n) is 3.75. The van der Waals surface area contributed by atoms with Gasteiger partial charge in [-0.05, 0) is 19.4 Å². The van der Waals surface area contributed by atoms with Crippen LogP contribution in [0.15, 0.2) is 12.4 Å². The molecule has 17 heavy (non-hydrogen) atoms. The standard InChI is InChI=1S/C12H17ClN4/c13-11-7-14-8-12(15-11)17-6-5-16-4-2-1-3-10(16)9-17/h7-8,10H,1-6,9H2. The molecule has 0 aliphatic carbocycles. The van der Waals surface area contributed by atoms with Gasteiger partial charge in [0.15, 0.2) is 0 Å². The van der Waals surface area contributed by atoms with E-state index in [1.807, 2.05) is 6.20 Å². The van der Waals surface area contributed by atoms with E-state index in [1.54, 1.807) is 6.20 Å². The van der Waals surface area contributed by atoms with Crippen LogP contribution in [0.1, 0.15) is 19.3 Å². The zero-order valence-electron chi connectivity index (χ0n) is 9.85. The molecule has 1 aromatic rings. The topological polar surface area (TPSA) is 32.3 Å². The number of halogens is 1. The molecule has 1 atom stereocenters. The van der Waals surface area contributed by atoms with Crippen LogP contribution in [0.5, 0.6) is 0 Å². The Balaban J connectivity index is 1.73. The summed E-state index contributed by atoms with van der Waals surface area (Å²) in [5, 5.41) is 0.480. The Kier molecular flexibility index (Phi) is 3.16. The first-order valence-electron chi connectivity index (χ1n) is 6.29. The molecule has 2 aliphatic rings. The molecular formula is C12H17ClN4. The highest BCUT2D eigenvalue weighted by molar-refractivity contribution is 6.29. The van der Waals surface area contributed by atoms with Gasteiger partial charge in [0.2, 0.25) is 0 Å². The first-order chi connectivity index (χ1) is 8.33. The molecule has 2 aliphatic heterocycles. The highest BCUT2D eigenvalue weighted by Crippen LogP contribution is 2.24. The zero-order valence-corrected chi connectivity index (χ0v) is 10.6. The van der Waals surface area contributed by atoms with Crippen LogP contribution in [0, 0.1) is 0 Å². The van der Waals surface area contributed by atoms with E-state index in [0.717, 1.165) is 25.5 Å². The maximum absolute atomic E-state index is 5.89. The van der Waals surface area contributed by atoms with E-state index in [4.69, 9.17) is 11.6 Å². The van der Waals surface area contributed by atoms with E-state index < -0.39 is 0 Å². The van der Waals surface area contributed by atoms with E-state index in [-0.39, 0.29) is 0 Å². The van der Waals surface area contributed by atoms with Crippen LogP contribution < -0.4 is 4.90 Å². The molecular weight excluding hydrogens is 236 g/mol. The molecule has 5 heteroatoms. The number of piperidine rings is 1. The van der Waals surface area contributed by atoms with Crippen molar-refractivity contribution in [3.05, 3.63) is 17.5 Å². The van der Waals surface area contributed by atoms with Crippen LogP contribution in [0.3, 0.4) is 0 Å². The molecule has 4 nitrogen and oxygen atoms in total. The van der Waals surface area contributed by atoms with Crippen LogP contribution in [0.25, 0.3) is 0 Å². The van der Waals surface area contributed by atoms with E-state index in [9.17, 15) is 0 Å². The minimum absolute atomic E-state index is 0.480. The van der Waals surface area contributed by atoms with Crippen LogP contribution in [0.2, 0.25) is 5.15 Å². The molecule has 3 heterocycles. The molecule has 0 spiro atoms. The molecule has 92 valence electrons. The van der Waals surface area contributed by atoms with Gasteiger partial charge in [0.25, 0.3) is 0 Å². The molecule has 0 aromatic carbocycles. The molecule has 0 N–H and O–H groups in total. The molecule has 1 aromatic heterocycles. The van der Waals surface area contributed by atoms with Crippen molar-refractivity contribution < 1.29 is 0 Å². The Morgan fingerprint density at radius 1 is 1.18 bits per heavy atom. The second-order valence-electron chi connectivity index (χ2n) is 4.83. The summed E-state index contributed by atoms with van der Waals surface area (Å²) in [6.45, 7) is 4.50. The zero-order chi connectivity index (χ0) is 11.7. The molecule has 0 bridgehead atoms. The number of fused-ring (bicyclic) bond motifs is 1. The maximum atomic E-state index is 5.89. The lowest BCUT2D eigenvalue weighted by molar-refractivity contribution is 0.133. The van der Waals surface area contributed by atoms with Crippen molar-refractivity contribution in [3.63, 3.8) is 0 Å². The normalized spacial score (nSPS) is 25.7. The molecule has 2 saturated heterocycles. The lowest BCUT2D eigenvalue weighted by Crippen LogP contribution is -2.55. The Morgan fingerprint density at radius 3 is 3.00 bits per heavy atom. The van der Waals surface area contributed by atoms with E-state index >= 15 is 0 Å². The number of hydrogen-bond donors (Lipinski definition) is 0. The molecule has 1 unspecified atom stereocenters. The largest absolute Gasteiger partial charge is 0.352 e. The molecule has 2 fully saturated rings. The predicted octanol–water partition coefficient (Wildman–Crippen LogP) is 1.80. The fourth-order valence-electron chi connectivity index (χ4n) is 2.85. The molecule has 0 radical (unpaired) electrons. The van der Waals surface area contributed by atoms with Gasteiger partial charge in [-0.3, -0.25) is 9.88 Å². The van der Waals surface area contributed by atoms with Crippen molar-refractivity contribution in [3.8, 4) is 0 Å². The third kappa shape index (κ3) is 2.38. The second-order valence-corrected chi connectivity index (χ2v) is 5.22. The minimum atomic E-state index is 0.480. The van der Waals surface area contributed by atoms with Gasteiger partial charge < -0.3 is 4.90 Å². The van der Waals surface area contributed by atoms with E-state index in [2.05, 4.69) is 19.8 Å². The van der Waals surface area contributed by atoms with Gasteiger partial charge in [0.05, 0.1) is 12.4 Å². The number of anilines is 1. The van der Waals surface area contributed by atoms with Crippen LogP contribution in [-0.2, 0) is 0 Å².